The number of alkyl halides is 3. The minimum Gasteiger partial charge on any atom is -0.351 e. The molecule has 10 heteroatoms. The summed E-state index contributed by atoms with van der Waals surface area (Å²) in [4.78, 5) is 38.8. The highest BCUT2D eigenvalue weighted by Crippen LogP contribution is 2.20. The fourth-order valence-corrected chi connectivity index (χ4v) is 4.83. The Labute approximate surface area is 216 Å². The van der Waals surface area contributed by atoms with E-state index in [-0.39, 0.29) is 17.9 Å². The molecule has 0 saturated carbocycles. The molecule has 0 aromatic heterocycles. The number of thioether (sulfide) groups is 1. The molecule has 0 spiro atoms. The van der Waals surface area contributed by atoms with Gasteiger partial charge in [-0.25, -0.2) is 0 Å². The molecule has 1 atom stereocenters. The van der Waals surface area contributed by atoms with Crippen LogP contribution in [0.1, 0.15) is 57.9 Å². The average Bonchev–Trinajstić information content (AvgIpc) is 2.83. The van der Waals surface area contributed by atoms with Crippen LogP contribution in [0.2, 0.25) is 0 Å². The average molecular weight is 530 g/mol. The lowest BCUT2D eigenvalue weighted by molar-refractivity contribution is -0.167. The van der Waals surface area contributed by atoms with E-state index in [0.717, 1.165) is 44.2 Å². The topological polar surface area (TPSA) is 78.5 Å². The number of Topliss-reactive ketones (excluding diaryl/α,β-unsaturated/α-hetero) is 1. The SMILES string of the molecule is CC(C)CCC(=O)N[C@@H](CCCSCC(=O)C(F)(F)F)C(=O)NC1CCN(Cc2ccccc2)CC1. The molecule has 0 radical (unpaired) electrons. The predicted molar refractivity (Wildman–Crippen MR) is 137 cm³/mol. The lowest BCUT2D eigenvalue weighted by Crippen LogP contribution is -2.52. The van der Waals surface area contributed by atoms with Crippen LogP contribution >= 0.6 is 11.8 Å². The number of hydrogen-bond donors (Lipinski definition) is 2. The normalized spacial score (nSPS) is 16.1. The molecule has 0 aliphatic carbocycles. The number of nitrogens with zero attached hydrogens (tertiary/aromatic N) is 1. The third-order valence-electron chi connectivity index (χ3n) is 6.11. The van der Waals surface area contributed by atoms with Crippen LogP contribution < -0.4 is 10.6 Å². The van der Waals surface area contributed by atoms with Crippen molar-refractivity contribution in [2.75, 3.05) is 24.6 Å². The molecule has 2 rings (SSSR count). The van der Waals surface area contributed by atoms with Gasteiger partial charge in [-0.05, 0) is 49.3 Å². The summed E-state index contributed by atoms with van der Waals surface area (Å²) in [6, 6.07) is 9.48. The Bertz CT molecular complexity index is 829. The Morgan fingerprint density at radius 3 is 2.36 bits per heavy atom. The van der Waals surface area contributed by atoms with Gasteiger partial charge in [-0.15, -0.1) is 0 Å². The third kappa shape index (κ3) is 11.8. The maximum absolute atomic E-state index is 13.0. The maximum Gasteiger partial charge on any atom is 0.450 e. The molecular formula is C26H38F3N3O3S. The van der Waals surface area contributed by atoms with Crippen molar-refractivity contribution in [2.24, 2.45) is 5.92 Å². The number of amides is 2. The van der Waals surface area contributed by atoms with Crippen molar-refractivity contribution < 1.29 is 27.6 Å². The Morgan fingerprint density at radius 1 is 1.08 bits per heavy atom. The number of rotatable bonds is 14. The molecule has 1 aromatic carbocycles. The Hall–Kier alpha value is -2.07. The lowest BCUT2D eigenvalue weighted by atomic mass is 10.0. The molecule has 0 unspecified atom stereocenters. The van der Waals surface area contributed by atoms with E-state index in [2.05, 4.69) is 27.7 Å². The molecule has 1 aromatic rings. The summed E-state index contributed by atoms with van der Waals surface area (Å²) in [7, 11) is 0. The predicted octanol–water partition coefficient (Wildman–Crippen LogP) is 4.33. The van der Waals surface area contributed by atoms with E-state index in [0.29, 0.717) is 37.4 Å². The molecule has 1 aliphatic rings. The van der Waals surface area contributed by atoms with Gasteiger partial charge in [0.2, 0.25) is 17.6 Å². The van der Waals surface area contributed by atoms with Crippen LogP contribution in [0, 0.1) is 5.92 Å². The second kappa shape index (κ2) is 15.2. The van der Waals surface area contributed by atoms with E-state index >= 15 is 0 Å². The smallest absolute Gasteiger partial charge is 0.351 e. The first kappa shape index (κ1) is 30.2. The number of ketones is 1. The van der Waals surface area contributed by atoms with Gasteiger partial charge in [0.05, 0.1) is 5.75 Å². The molecule has 2 N–H and O–H groups in total. The van der Waals surface area contributed by atoms with Gasteiger partial charge < -0.3 is 10.6 Å². The van der Waals surface area contributed by atoms with E-state index in [4.69, 9.17) is 0 Å². The van der Waals surface area contributed by atoms with Crippen LogP contribution in [0.15, 0.2) is 30.3 Å². The van der Waals surface area contributed by atoms with Crippen molar-refractivity contribution in [1.82, 2.24) is 15.5 Å². The summed E-state index contributed by atoms with van der Waals surface area (Å²) >= 11 is 0.892. The summed E-state index contributed by atoms with van der Waals surface area (Å²) < 4.78 is 37.1. The van der Waals surface area contributed by atoms with E-state index in [9.17, 15) is 27.6 Å². The van der Waals surface area contributed by atoms with Gasteiger partial charge >= 0.3 is 6.18 Å². The minimum absolute atomic E-state index is 0.0124. The first-order chi connectivity index (χ1) is 17.0. The molecule has 1 aliphatic heterocycles. The highest BCUT2D eigenvalue weighted by Gasteiger charge is 2.37. The summed E-state index contributed by atoms with van der Waals surface area (Å²) in [6.45, 7) is 6.61. The fraction of sp³-hybridized carbons (Fsp3) is 0.654. The monoisotopic (exact) mass is 529 g/mol. The standard InChI is InChI=1S/C26H38F3N3O3S/c1-19(2)10-11-24(34)31-22(9-6-16-36-18-23(33)26(27,28)29)25(35)30-21-12-14-32(15-13-21)17-20-7-4-3-5-8-20/h3-5,7-8,19,21-22H,6,9-18H2,1-2H3,(H,30,35)(H,31,34)/t22-/m0/s1. The number of halogens is 3. The van der Waals surface area contributed by atoms with Crippen molar-refractivity contribution in [3.05, 3.63) is 35.9 Å². The molecule has 1 fully saturated rings. The van der Waals surface area contributed by atoms with Crippen molar-refractivity contribution in [3.63, 3.8) is 0 Å². The van der Waals surface area contributed by atoms with Crippen molar-refractivity contribution in [1.29, 1.82) is 0 Å². The molecule has 6 nitrogen and oxygen atoms in total. The molecule has 36 heavy (non-hydrogen) atoms. The Morgan fingerprint density at radius 2 is 1.75 bits per heavy atom. The van der Waals surface area contributed by atoms with Gasteiger partial charge in [0.15, 0.2) is 0 Å². The molecular weight excluding hydrogens is 491 g/mol. The van der Waals surface area contributed by atoms with E-state index < -0.39 is 23.8 Å². The highest BCUT2D eigenvalue weighted by atomic mass is 32.2. The highest BCUT2D eigenvalue weighted by molar-refractivity contribution is 7.99. The van der Waals surface area contributed by atoms with Gasteiger partial charge in [-0.2, -0.15) is 24.9 Å². The number of likely N-dealkylation sites (tertiary alicyclic amines) is 1. The zero-order valence-corrected chi connectivity index (χ0v) is 21.9. The number of carbonyl (C=O) groups is 3. The van der Waals surface area contributed by atoms with Crippen molar-refractivity contribution >= 4 is 29.4 Å². The van der Waals surface area contributed by atoms with Gasteiger partial charge in [0, 0.05) is 32.1 Å². The van der Waals surface area contributed by atoms with Crippen LogP contribution in [-0.2, 0) is 20.9 Å². The first-order valence-corrected chi connectivity index (χ1v) is 13.7. The van der Waals surface area contributed by atoms with E-state index in [1.807, 2.05) is 32.0 Å². The van der Waals surface area contributed by atoms with Crippen molar-refractivity contribution in [3.8, 4) is 0 Å². The number of hydrogen-bond acceptors (Lipinski definition) is 5. The summed E-state index contributed by atoms with van der Waals surface area (Å²) in [6.07, 6.45) is -1.47. The number of piperidine rings is 1. The molecule has 2 amide bonds. The largest absolute Gasteiger partial charge is 0.450 e. The molecule has 1 saturated heterocycles. The van der Waals surface area contributed by atoms with Gasteiger partial charge in [0.1, 0.15) is 6.04 Å². The molecule has 1 heterocycles. The van der Waals surface area contributed by atoms with Crippen molar-refractivity contribution in [2.45, 2.75) is 77.2 Å². The summed E-state index contributed by atoms with van der Waals surface area (Å²) in [5.74, 6) is -2.21. The van der Waals surface area contributed by atoms with Crippen LogP contribution in [0.3, 0.4) is 0 Å². The number of carbonyl (C=O) groups excluding carboxylic acids is 3. The molecule has 202 valence electrons. The summed E-state index contributed by atoms with van der Waals surface area (Å²) in [5.41, 5.74) is 1.25. The zero-order chi connectivity index (χ0) is 26.6. The second-order valence-electron chi connectivity index (χ2n) is 9.71. The zero-order valence-electron chi connectivity index (χ0n) is 21.1. The van der Waals surface area contributed by atoms with Crippen LogP contribution in [-0.4, -0.2) is 65.4 Å². The second-order valence-corrected chi connectivity index (χ2v) is 10.8. The van der Waals surface area contributed by atoms with Gasteiger partial charge in [-0.1, -0.05) is 44.2 Å². The van der Waals surface area contributed by atoms with Crippen LogP contribution in [0.25, 0.3) is 0 Å². The fourth-order valence-electron chi connectivity index (χ4n) is 3.97. The van der Waals surface area contributed by atoms with Crippen LogP contribution in [0.5, 0.6) is 0 Å². The third-order valence-corrected chi connectivity index (χ3v) is 7.16. The first-order valence-electron chi connectivity index (χ1n) is 12.6. The molecule has 0 bridgehead atoms. The lowest BCUT2D eigenvalue weighted by Gasteiger charge is -2.33. The Balaban J connectivity index is 1.82. The number of benzene rings is 1. The quantitative estimate of drug-likeness (QED) is 0.351. The maximum atomic E-state index is 13.0. The van der Waals surface area contributed by atoms with Gasteiger partial charge in [-0.3, -0.25) is 19.3 Å². The summed E-state index contributed by atoms with van der Waals surface area (Å²) in [5, 5.41) is 5.87. The van der Waals surface area contributed by atoms with E-state index in [1.54, 1.807) is 0 Å². The Kier molecular flexibility index (Phi) is 12.8. The van der Waals surface area contributed by atoms with Crippen LogP contribution in [0.4, 0.5) is 13.2 Å². The number of nitrogens with one attached hydrogen (secondary N) is 2. The minimum atomic E-state index is -4.82. The van der Waals surface area contributed by atoms with Gasteiger partial charge in [0.25, 0.3) is 0 Å². The van der Waals surface area contributed by atoms with E-state index in [1.165, 1.54) is 5.56 Å².